The zero-order valence-corrected chi connectivity index (χ0v) is 23.6. The molecule has 12 heteroatoms. The second-order valence-electron chi connectivity index (χ2n) is 12.3. The number of alkyl halides is 1. The molecule has 0 aromatic carbocycles. The molecule has 7 atom stereocenters. The second kappa shape index (κ2) is 12.4. The summed E-state index contributed by atoms with van der Waals surface area (Å²) >= 11 is 0. The number of unbranched alkanes of at least 4 members (excludes halogenated alkanes) is 2. The molecule has 4 N–H and O–H groups in total. The molecule has 1 amide bonds. The van der Waals surface area contributed by atoms with Crippen molar-refractivity contribution in [3.05, 3.63) is 23.8 Å². The SMILES string of the molecule is C[C@]12C[C@H](O)C3(F)[C@@H](CCC4=CC(=O)C=C[C@@]43C)C1CCC2C(=O)COC(=O)CNC(=O)CCCCCON(O)O. The first-order valence-electron chi connectivity index (χ1n) is 14.4. The van der Waals surface area contributed by atoms with Gasteiger partial charge in [0.1, 0.15) is 13.2 Å². The summed E-state index contributed by atoms with van der Waals surface area (Å²) < 4.78 is 22.3. The molecule has 3 unspecified atom stereocenters. The molecule has 4 aliphatic rings. The molecular formula is C29H41FN2O9. The minimum Gasteiger partial charge on any atom is -0.456 e. The van der Waals surface area contributed by atoms with E-state index in [2.05, 4.69) is 10.2 Å². The van der Waals surface area contributed by atoms with Gasteiger partial charge in [0.25, 0.3) is 0 Å². The van der Waals surface area contributed by atoms with Gasteiger partial charge in [-0.15, -0.1) is 0 Å². The highest BCUT2D eigenvalue weighted by Gasteiger charge is 2.70. The number of halogens is 1. The predicted octanol–water partition coefficient (Wildman–Crippen LogP) is 2.77. The van der Waals surface area contributed by atoms with Crippen LogP contribution in [0.2, 0.25) is 0 Å². The highest BCUT2D eigenvalue weighted by molar-refractivity contribution is 6.01. The molecule has 0 aromatic rings. The van der Waals surface area contributed by atoms with Crippen molar-refractivity contribution in [2.75, 3.05) is 19.8 Å². The van der Waals surface area contributed by atoms with Gasteiger partial charge in [-0.3, -0.25) is 34.4 Å². The number of ether oxygens (including phenoxy) is 1. The quantitative estimate of drug-likeness (QED) is 0.153. The number of ketones is 2. The summed E-state index contributed by atoms with van der Waals surface area (Å²) in [6, 6.07) is 0. The van der Waals surface area contributed by atoms with Crippen molar-refractivity contribution in [2.45, 2.75) is 83.4 Å². The number of fused-ring (bicyclic) bond motifs is 5. The van der Waals surface area contributed by atoms with E-state index in [4.69, 9.17) is 15.2 Å². The van der Waals surface area contributed by atoms with Crippen LogP contribution in [0, 0.1) is 28.6 Å². The van der Waals surface area contributed by atoms with Gasteiger partial charge in [0.05, 0.1) is 18.1 Å². The Morgan fingerprint density at radius 1 is 1.12 bits per heavy atom. The van der Waals surface area contributed by atoms with E-state index in [1.54, 1.807) is 13.0 Å². The molecule has 0 bridgehead atoms. The minimum atomic E-state index is -1.95. The third kappa shape index (κ3) is 6.03. The highest BCUT2D eigenvalue weighted by atomic mass is 19.1. The number of hydrogen-bond donors (Lipinski definition) is 4. The molecule has 0 saturated heterocycles. The van der Waals surface area contributed by atoms with Crippen molar-refractivity contribution in [2.24, 2.45) is 28.6 Å². The van der Waals surface area contributed by atoms with Crippen LogP contribution in [0.15, 0.2) is 23.8 Å². The lowest BCUT2D eigenvalue weighted by atomic mass is 9.45. The standard InChI is InChI=1S/C29H41FN2O9/c1-27-15-24(35)29(30)21(8-7-18-14-19(33)11-12-28(18,29)2)20(27)9-10-22(27)23(34)17-40-26(37)16-31-25(36)6-4-3-5-13-41-32(38)39/h11-12,14,20-22,24,35,38-39H,3-10,13,15-17H2,1-2H3,(H,31,36)/t20?,21-,22?,24-,27-,28-,29?/m0/s1. The predicted molar refractivity (Wildman–Crippen MR) is 141 cm³/mol. The molecule has 0 aromatic heterocycles. The lowest BCUT2D eigenvalue weighted by Gasteiger charge is -2.62. The van der Waals surface area contributed by atoms with E-state index in [9.17, 15) is 24.3 Å². The summed E-state index contributed by atoms with van der Waals surface area (Å²) in [6.45, 7) is 2.95. The van der Waals surface area contributed by atoms with Gasteiger partial charge in [-0.2, -0.15) is 0 Å². The number of amides is 1. The van der Waals surface area contributed by atoms with Crippen LogP contribution in [-0.4, -0.2) is 75.9 Å². The Hall–Kier alpha value is -2.51. The van der Waals surface area contributed by atoms with Crippen LogP contribution in [0.5, 0.6) is 0 Å². The first-order valence-corrected chi connectivity index (χ1v) is 14.4. The van der Waals surface area contributed by atoms with Crippen LogP contribution in [0.4, 0.5) is 4.39 Å². The average Bonchev–Trinajstić information content (AvgIpc) is 3.25. The number of nitrogens with one attached hydrogen (secondary N) is 1. The van der Waals surface area contributed by atoms with E-state index < -0.39 is 47.0 Å². The lowest BCUT2D eigenvalue weighted by Crippen LogP contribution is -2.66. The first kappa shape index (κ1) is 31.4. The Labute approximate surface area is 238 Å². The number of nitrogens with zero attached hydrogens (tertiary/aromatic N) is 1. The maximum absolute atomic E-state index is 17.1. The van der Waals surface area contributed by atoms with Crippen molar-refractivity contribution in [3.63, 3.8) is 0 Å². The zero-order valence-electron chi connectivity index (χ0n) is 23.6. The van der Waals surface area contributed by atoms with E-state index in [-0.39, 0.29) is 54.8 Å². The summed E-state index contributed by atoms with van der Waals surface area (Å²) in [4.78, 5) is 53.8. The van der Waals surface area contributed by atoms with Crippen molar-refractivity contribution in [1.82, 2.24) is 10.7 Å². The number of aliphatic hydroxyl groups is 1. The summed E-state index contributed by atoms with van der Waals surface area (Å²) in [6.07, 6.45) is 7.25. The highest BCUT2D eigenvalue weighted by Crippen LogP contribution is 2.68. The van der Waals surface area contributed by atoms with Crippen molar-refractivity contribution >= 4 is 23.4 Å². The molecule has 228 valence electrons. The fourth-order valence-electron chi connectivity index (χ4n) is 8.01. The number of rotatable bonds is 12. The third-order valence-corrected chi connectivity index (χ3v) is 10.1. The summed E-state index contributed by atoms with van der Waals surface area (Å²) in [5, 5.41) is 30.3. The number of carbonyl (C=O) groups excluding carboxylic acids is 4. The van der Waals surface area contributed by atoms with Gasteiger partial charge in [0, 0.05) is 23.7 Å². The maximum Gasteiger partial charge on any atom is 0.325 e. The van der Waals surface area contributed by atoms with E-state index in [0.29, 0.717) is 50.5 Å². The first-order chi connectivity index (χ1) is 19.3. The van der Waals surface area contributed by atoms with Crippen molar-refractivity contribution in [1.29, 1.82) is 0 Å². The fourth-order valence-corrected chi connectivity index (χ4v) is 8.01. The molecule has 3 fully saturated rings. The van der Waals surface area contributed by atoms with Gasteiger partial charge in [-0.25, -0.2) is 4.39 Å². The van der Waals surface area contributed by atoms with Gasteiger partial charge in [-0.05, 0) is 75.4 Å². The van der Waals surface area contributed by atoms with Crippen LogP contribution < -0.4 is 5.32 Å². The van der Waals surface area contributed by atoms with Crippen LogP contribution in [-0.2, 0) is 28.8 Å². The van der Waals surface area contributed by atoms with Crippen LogP contribution in [0.25, 0.3) is 0 Å². The zero-order chi connectivity index (χ0) is 30.0. The fraction of sp³-hybridized carbons (Fsp3) is 0.724. The molecule has 4 aliphatic carbocycles. The topological polar surface area (TPSA) is 163 Å². The number of aliphatic hydroxyl groups excluding tert-OH is 1. The van der Waals surface area contributed by atoms with Crippen LogP contribution in [0.1, 0.15) is 71.6 Å². The second-order valence-corrected chi connectivity index (χ2v) is 12.3. The molecular weight excluding hydrogens is 539 g/mol. The van der Waals surface area contributed by atoms with E-state index in [1.807, 2.05) is 6.92 Å². The number of esters is 1. The molecule has 0 radical (unpaired) electrons. The monoisotopic (exact) mass is 580 g/mol. The Kier molecular flexibility index (Phi) is 9.49. The third-order valence-electron chi connectivity index (χ3n) is 10.1. The van der Waals surface area contributed by atoms with Crippen LogP contribution >= 0.6 is 0 Å². The van der Waals surface area contributed by atoms with E-state index >= 15 is 4.39 Å². The van der Waals surface area contributed by atoms with Gasteiger partial charge in [0.2, 0.25) is 5.91 Å². The minimum absolute atomic E-state index is 0.0845. The molecule has 11 nitrogen and oxygen atoms in total. The number of hydrogen-bond acceptors (Lipinski definition) is 10. The van der Waals surface area contributed by atoms with Gasteiger partial charge in [0.15, 0.2) is 17.2 Å². The Balaban J connectivity index is 1.28. The Bertz CT molecular complexity index is 1110. The van der Waals surface area contributed by atoms with Crippen LogP contribution in [0.3, 0.4) is 0 Å². The normalized spacial score (nSPS) is 35.8. The smallest absolute Gasteiger partial charge is 0.325 e. The number of Topliss-reactive ketones (excluding diaryl/α,β-unsaturated/α-hetero) is 1. The van der Waals surface area contributed by atoms with E-state index in [0.717, 1.165) is 0 Å². The Morgan fingerprint density at radius 3 is 2.61 bits per heavy atom. The van der Waals surface area contributed by atoms with Gasteiger partial charge in [-0.1, -0.05) is 25.0 Å². The largest absolute Gasteiger partial charge is 0.456 e. The molecule has 0 heterocycles. The molecule has 0 aliphatic heterocycles. The molecule has 3 saturated carbocycles. The maximum atomic E-state index is 17.1. The average molecular weight is 581 g/mol. The van der Waals surface area contributed by atoms with Gasteiger partial charge >= 0.3 is 5.97 Å². The summed E-state index contributed by atoms with van der Waals surface area (Å²) in [5.41, 5.74) is -2.97. The van der Waals surface area contributed by atoms with E-state index in [1.165, 1.54) is 12.2 Å². The Morgan fingerprint density at radius 2 is 1.88 bits per heavy atom. The molecule has 0 spiro atoms. The number of carbonyl (C=O) groups is 4. The summed E-state index contributed by atoms with van der Waals surface area (Å²) in [5.74, 6) is -2.64. The van der Waals surface area contributed by atoms with Crippen molar-refractivity contribution < 1.29 is 48.7 Å². The van der Waals surface area contributed by atoms with Gasteiger partial charge < -0.3 is 15.2 Å². The summed E-state index contributed by atoms with van der Waals surface area (Å²) in [7, 11) is 0. The number of allylic oxidation sites excluding steroid dienone is 4. The van der Waals surface area contributed by atoms with Crippen molar-refractivity contribution in [3.8, 4) is 0 Å². The molecule has 41 heavy (non-hydrogen) atoms. The lowest BCUT2D eigenvalue weighted by molar-refractivity contribution is -0.492. The molecule has 4 rings (SSSR count).